The molecule has 1 amide bonds. The van der Waals surface area contributed by atoms with Gasteiger partial charge in [-0.1, -0.05) is 91.3 Å². The molecule has 2 N–H and O–H groups in total. The number of rotatable bonds is 11. The minimum Gasteiger partial charge on any atom is -0.492 e. The van der Waals surface area contributed by atoms with Crippen LogP contribution in [0.5, 0.6) is 11.5 Å². The molecule has 0 spiro atoms. The largest absolute Gasteiger partial charge is 0.492 e. The average Bonchev–Trinajstić information content (AvgIpc) is 2.95. The van der Waals surface area contributed by atoms with Gasteiger partial charge >= 0.3 is 6.09 Å². The van der Waals surface area contributed by atoms with Crippen LogP contribution in [0.2, 0.25) is 5.02 Å². The molecule has 38 heavy (non-hydrogen) atoms. The van der Waals surface area contributed by atoms with E-state index in [1.54, 1.807) is 0 Å². The number of carboxylic acid groups (broad SMARTS) is 1. The number of carbonyl (C=O) groups is 1. The van der Waals surface area contributed by atoms with E-state index < -0.39 is 6.09 Å². The van der Waals surface area contributed by atoms with Crippen LogP contribution >= 0.6 is 11.6 Å². The Morgan fingerprint density at radius 2 is 1.37 bits per heavy atom. The van der Waals surface area contributed by atoms with Crippen molar-refractivity contribution >= 4 is 28.8 Å². The smallest absolute Gasteiger partial charge is 0.404 e. The Hall–Kier alpha value is -4.22. The minimum atomic E-state index is -1.07. The van der Waals surface area contributed by atoms with Crippen molar-refractivity contribution in [1.29, 1.82) is 0 Å². The summed E-state index contributed by atoms with van der Waals surface area (Å²) in [7, 11) is 0. The topological polar surface area (TPSA) is 67.8 Å². The van der Waals surface area contributed by atoms with E-state index in [1.165, 1.54) is 0 Å². The highest BCUT2D eigenvalue weighted by Gasteiger charge is 2.15. The fraction of sp³-hybridized carbons (Fsp3) is 0.156. The van der Waals surface area contributed by atoms with Crippen LogP contribution in [0.15, 0.2) is 103 Å². The zero-order valence-electron chi connectivity index (χ0n) is 21.2. The third-order valence-electron chi connectivity index (χ3n) is 6.04. The van der Waals surface area contributed by atoms with E-state index in [0.29, 0.717) is 17.4 Å². The molecule has 194 valence electrons. The summed E-state index contributed by atoms with van der Waals surface area (Å²) < 4.78 is 11.7. The van der Waals surface area contributed by atoms with Gasteiger partial charge in [0.2, 0.25) is 0 Å². The molecule has 0 aliphatic rings. The molecule has 0 radical (unpaired) electrons. The van der Waals surface area contributed by atoms with Gasteiger partial charge < -0.3 is 19.9 Å². The maximum absolute atomic E-state index is 10.6. The van der Waals surface area contributed by atoms with Crippen molar-refractivity contribution in [1.82, 2.24) is 5.32 Å². The van der Waals surface area contributed by atoms with Gasteiger partial charge in [0.15, 0.2) is 0 Å². The molecule has 0 bridgehead atoms. The second-order valence-electron chi connectivity index (χ2n) is 8.59. The molecule has 0 saturated carbocycles. The molecule has 0 saturated heterocycles. The summed E-state index contributed by atoms with van der Waals surface area (Å²) >= 11 is 6.64. The molecule has 4 rings (SSSR count). The quantitative estimate of drug-likeness (QED) is 0.153. The molecular formula is C32H30ClNO4. The number of benzene rings is 4. The Morgan fingerprint density at radius 1 is 0.789 bits per heavy atom. The third kappa shape index (κ3) is 7.17. The van der Waals surface area contributed by atoms with Gasteiger partial charge in [-0.25, -0.2) is 4.79 Å². The van der Waals surface area contributed by atoms with Gasteiger partial charge in [0, 0.05) is 5.02 Å². The fourth-order valence-electron chi connectivity index (χ4n) is 4.23. The molecule has 4 aromatic rings. The van der Waals surface area contributed by atoms with E-state index in [1.807, 2.05) is 91.0 Å². The van der Waals surface area contributed by atoms with Crippen molar-refractivity contribution in [2.24, 2.45) is 0 Å². The Labute approximate surface area is 228 Å². The normalized spacial score (nSPS) is 11.4. The first-order valence-corrected chi connectivity index (χ1v) is 12.9. The number of nitrogens with one attached hydrogen (secondary N) is 1. The predicted octanol–water partition coefficient (Wildman–Crippen LogP) is 7.93. The van der Waals surface area contributed by atoms with Crippen molar-refractivity contribution in [3.8, 4) is 11.5 Å². The maximum atomic E-state index is 10.6. The number of hydrogen-bond donors (Lipinski definition) is 2. The van der Waals surface area contributed by atoms with E-state index in [4.69, 9.17) is 26.2 Å². The summed E-state index contributed by atoms with van der Waals surface area (Å²) in [4.78, 5) is 10.6. The second-order valence-corrected chi connectivity index (χ2v) is 9.00. The van der Waals surface area contributed by atoms with Crippen molar-refractivity contribution in [2.75, 3.05) is 13.2 Å². The number of allylic oxidation sites excluding steroid dienone is 1. The standard InChI is InChI=1S/C32H30ClNO4/c1-2-28(29-10-6-7-11-30(29)33)31(24-12-16-26(17-13-24)37-21-20-34-32(35)36)25-14-18-27(19-15-25)38-22-23-8-4-3-5-9-23/h3-19,34H,2,20-22H2,1H3,(H,35,36)/b31-28+. The lowest BCUT2D eigenvalue weighted by Crippen LogP contribution is -2.26. The van der Waals surface area contributed by atoms with E-state index in [-0.39, 0.29) is 13.2 Å². The van der Waals surface area contributed by atoms with Crippen LogP contribution in [-0.4, -0.2) is 24.4 Å². The van der Waals surface area contributed by atoms with Gasteiger partial charge in [0.1, 0.15) is 24.7 Å². The van der Waals surface area contributed by atoms with Crippen LogP contribution in [0, 0.1) is 0 Å². The van der Waals surface area contributed by atoms with Gasteiger partial charge in [-0.3, -0.25) is 0 Å². The van der Waals surface area contributed by atoms with E-state index in [0.717, 1.165) is 45.6 Å². The molecule has 5 nitrogen and oxygen atoms in total. The van der Waals surface area contributed by atoms with Gasteiger partial charge in [0.25, 0.3) is 0 Å². The molecule has 0 unspecified atom stereocenters. The molecule has 0 aromatic heterocycles. The highest BCUT2D eigenvalue weighted by molar-refractivity contribution is 6.32. The van der Waals surface area contributed by atoms with Crippen LogP contribution in [0.4, 0.5) is 4.79 Å². The fourth-order valence-corrected chi connectivity index (χ4v) is 4.48. The van der Waals surface area contributed by atoms with Crippen molar-refractivity contribution in [2.45, 2.75) is 20.0 Å². The summed E-state index contributed by atoms with van der Waals surface area (Å²) in [6, 6.07) is 33.9. The SMILES string of the molecule is CC/C(=C(/c1ccc(OCCNC(=O)O)cc1)c1ccc(OCc2ccccc2)cc1)c1ccccc1Cl. The van der Waals surface area contributed by atoms with Crippen LogP contribution in [0.25, 0.3) is 11.1 Å². The van der Waals surface area contributed by atoms with E-state index in [9.17, 15) is 4.79 Å². The van der Waals surface area contributed by atoms with Crippen LogP contribution in [0.3, 0.4) is 0 Å². The summed E-state index contributed by atoms with van der Waals surface area (Å²) in [5, 5.41) is 11.7. The number of halogens is 1. The summed E-state index contributed by atoms with van der Waals surface area (Å²) in [6.45, 7) is 3.10. The summed E-state index contributed by atoms with van der Waals surface area (Å²) in [5.41, 5.74) is 6.40. The highest BCUT2D eigenvalue weighted by atomic mass is 35.5. The van der Waals surface area contributed by atoms with Crippen molar-refractivity contribution in [3.05, 3.63) is 130 Å². The molecule has 0 aliphatic heterocycles. The van der Waals surface area contributed by atoms with Crippen LogP contribution < -0.4 is 14.8 Å². The Bertz CT molecular complexity index is 1370. The lowest BCUT2D eigenvalue weighted by atomic mass is 9.88. The van der Waals surface area contributed by atoms with Gasteiger partial charge in [-0.2, -0.15) is 0 Å². The Morgan fingerprint density at radius 3 is 1.95 bits per heavy atom. The highest BCUT2D eigenvalue weighted by Crippen LogP contribution is 2.38. The van der Waals surface area contributed by atoms with Crippen LogP contribution in [0.1, 0.15) is 35.6 Å². The molecule has 0 heterocycles. The van der Waals surface area contributed by atoms with Crippen molar-refractivity contribution < 1.29 is 19.4 Å². The predicted molar refractivity (Wildman–Crippen MR) is 153 cm³/mol. The molecule has 0 aliphatic carbocycles. The number of ether oxygens (including phenoxy) is 2. The second kappa shape index (κ2) is 13.4. The molecule has 0 atom stereocenters. The van der Waals surface area contributed by atoms with Gasteiger partial charge in [-0.05, 0) is 70.2 Å². The molecule has 6 heteroatoms. The van der Waals surface area contributed by atoms with Crippen LogP contribution in [-0.2, 0) is 6.61 Å². The molecule has 0 fully saturated rings. The maximum Gasteiger partial charge on any atom is 0.404 e. The van der Waals surface area contributed by atoms with E-state index >= 15 is 0 Å². The van der Waals surface area contributed by atoms with Gasteiger partial charge in [0.05, 0.1) is 6.54 Å². The summed E-state index contributed by atoms with van der Waals surface area (Å²) in [6.07, 6.45) is -0.286. The third-order valence-corrected chi connectivity index (χ3v) is 6.37. The molecule has 4 aromatic carbocycles. The Balaban J connectivity index is 1.64. The number of amides is 1. The first-order chi connectivity index (χ1) is 18.5. The first kappa shape index (κ1) is 26.8. The first-order valence-electron chi connectivity index (χ1n) is 12.5. The monoisotopic (exact) mass is 527 g/mol. The Kier molecular flexibility index (Phi) is 9.43. The zero-order valence-corrected chi connectivity index (χ0v) is 21.9. The average molecular weight is 528 g/mol. The lowest BCUT2D eigenvalue weighted by Gasteiger charge is -2.18. The lowest BCUT2D eigenvalue weighted by molar-refractivity contribution is 0.191. The van der Waals surface area contributed by atoms with E-state index in [2.05, 4.69) is 24.4 Å². The molecular weight excluding hydrogens is 498 g/mol. The minimum absolute atomic E-state index is 0.216. The van der Waals surface area contributed by atoms with Crippen molar-refractivity contribution in [3.63, 3.8) is 0 Å². The van der Waals surface area contributed by atoms with Gasteiger partial charge in [-0.15, -0.1) is 0 Å². The zero-order chi connectivity index (χ0) is 26.7. The summed E-state index contributed by atoms with van der Waals surface area (Å²) in [5.74, 6) is 1.47. The number of hydrogen-bond acceptors (Lipinski definition) is 3.